The molecule has 0 aliphatic heterocycles. The lowest BCUT2D eigenvalue weighted by atomic mass is 10.1. The van der Waals surface area contributed by atoms with Crippen LogP contribution < -0.4 is 10.1 Å². The smallest absolute Gasteiger partial charge is 0.278 e. The number of aromatic nitrogens is 3. The van der Waals surface area contributed by atoms with E-state index in [2.05, 4.69) is 40.7 Å². The Hall–Kier alpha value is -3.87. The molecule has 0 fully saturated rings. The van der Waals surface area contributed by atoms with Crippen LogP contribution in [0, 0.1) is 27.7 Å². The van der Waals surface area contributed by atoms with Crippen LogP contribution in [0.4, 0.5) is 5.69 Å². The molecule has 7 nitrogen and oxygen atoms in total. The number of benzene rings is 2. The van der Waals surface area contributed by atoms with Crippen LogP contribution in [0.5, 0.6) is 5.75 Å². The standard InChI is InChI=1S/C25H26N4O3/c1-16-9-17(2)11-22(10-16)31-15-23-19(4)32-28-24(23)25(30)27-21-12-26-29(14-21)13-20-8-6-5-7-18(20)3/h5-12,14H,13,15H2,1-4H3,(H,27,30). The topological polar surface area (TPSA) is 82.2 Å². The molecule has 0 bridgehead atoms. The van der Waals surface area contributed by atoms with Gasteiger partial charge in [-0.1, -0.05) is 35.5 Å². The van der Waals surface area contributed by atoms with Crippen LogP contribution in [-0.2, 0) is 13.2 Å². The Balaban J connectivity index is 1.44. The molecular weight excluding hydrogens is 404 g/mol. The van der Waals surface area contributed by atoms with E-state index >= 15 is 0 Å². The summed E-state index contributed by atoms with van der Waals surface area (Å²) in [5.74, 6) is 0.929. The van der Waals surface area contributed by atoms with E-state index < -0.39 is 0 Å². The highest BCUT2D eigenvalue weighted by molar-refractivity contribution is 6.03. The van der Waals surface area contributed by atoms with Crippen LogP contribution >= 0.6 is 0 Å². The minimum atomic E-state index is -0.365. The van der Waals surface area contributed by atoms with Gasteiger partial charge in [0, 0.05) is 6.20 Å². The number of ether oxygens (including phenoxy) is 1. The summed E-state index contributed by atoms with van der Waals surface area (Å²) in [6.45, 7) is 8.68. The van der Waals surface area contributed by atoms with E-state index in [9.17, 15) is 4.79 Å². The SMILES string of the molecule is Cc1cc(C)cc(OCc2c(C(=O)Nc3cnn(Cc4ccccc4C)c3)noc2C)c1. The van der Waals surface area contributed by atoms with Gasteiger partial charge in [-0.2, -0.15) is 5.10 Å². The highest BCUT2D eigenvalue weighted by Gasteiger charge is 2.21. The molecule has 4 rings (SSSR count). The fourth-order valence-electron chi connectivity index (χ4n) is 3.58. The van der Waals surface area contributed by atoms with E-state index in [0.29, 0.717) is 23.6 Å². The third-order valence-electron chi connectivity index (χ3n) is 5.26. The number of nitrogens with zero attached hydrogens (tertiary/aromatic N) is 3. The molecule has 1 N–H and O–H groups in total. The van der Waals surface area contributed by atoms with Crippen molar-refractivity contribution in [1.29, 1.82) is 0 Å². The molecule has 2 aromatic carbocycles. The van der Waals surface area contributed by atoms with Gasteiger partial charge in [-0.25, -0.2) is 0 Å². The quantitative estimate of drug-likeness (QED) is 0.447. The number of rotatable bonds is 7. The second kappa shape index (κ2) is 9.09. The number of carbonyl (C=O) groups excluding carboxylic acids is 1. The Kier molecular flexibility index (Phi) is 6.07. The molecule has 1 amide bonds. The summed E-state index contributed by atoms with van der Waals surface area (Å²) >= 11 is 0. The second-order valence-corrected chi connectivity index (χ2v) is 7.99. The van der Waals surface area contributed by atoms with Gasteiger partial charge >= 0.3 is 0 Å². The highest BCUT2D eigenvalue weighted by Crippen LogP contribution is 2.21. The van der Waals surface area contributed by atoms with Crippen molar-refractivity contribution in [2.45, 2.75) is 40.8 Å². The van der Waals surface area contributed by atoms with Crippen molar-refractivity contribution in [1.82, 2.24) is 14.9 Å². The number of nitrogens with one attached hydrogen (secondary N) is 1. The van der Waals surface area contributed by atoms with Gasteiger partial charge in [0.05, 0.1) is 24.0 Å². The van der Waals surface area contributed by atoms with E-state index in [4.69, 9.17) is 9.26 Å². The number of aryl methyl sites for hydroxylation is 4. The predicted octanol–water partition coefficient (Wildman–Crippen LogP) is 4.98. The molecule has 2 aromatic heterocycles. The largest absolute Gasteiger partial charge is 0.489 e. The molecule has 0 saturated carbocycles. The maximum Gasteiger partial charge on any atom is 0.278 e. The molecular formula is C25H26N4O3. The Bertz CT molecular complexity index is 1240. The molecule has 0 unspecified atom stereocenters. The average molecular weight is 431 g/mol. The number of hydrogen-bond donors (Lipinski definition) is 1. The van der Waals surface area contributed by atoms with Gasteiger partial charge in [0.25, 0.3) is 5.91 Å². The molecule has 0 aliphatic carbocycles. The minimum Gasteiger partial charge on any atom is -0.489 e. The normalized spacial score (nSPS) is 10.9. The second-order valence-electron chi connectivity index (χ2n) is 7.99. The maximum absolute atomic E-state index is 12.9. The molecule has 0 radical (unpaired) electrons. The zero-order valence-electron chi connectivity index (χ0n) is 18.7. The van der Waals surface area contributed by atoms with E-state index in [-0.39, 0.29) is 18.2 Å². The van der Waals surface area contributed by atoms with Crippen LogP contribution in [0.1, 0.15) is 44.1 Å². The Morgan fingerprint density at radius 1 is 1.09 bits per heavy atom. The number of amides is 1. The monoisotopic (exact) mass is 430 g/mol. The lowest BCUT2D eigenvalue weighted by molar-refractivity contribution is 0.101. The molecule has 0 aliphatic rings. The van der Waals surface area contributed by atoms with Crippen molar-refractivity contribution >= 4 is 11.6 Å². The average Bonchev–Trinajstić information content (AvgIpc) is 3.33. The van der Waals surface area contributed by atoms with Gasteiger partial charge in [-0.15, -0.1) is 0 Å². The summed E-state index contributed by atoms with van der Waals surface area (Å²) < 4.78 is 13.0. The van der Waals surface area contributed by atoms with Gasteiger partial charge < -0.3 is 14.6 Å². The van der Waals surface area contributed by atoms with Crippen molar-refractivity contribution in [2.24, 2.45) is 0 Å². The van der Waals surface area contributed by atoms with Crippen LogP contribution in [0.25, 0.3) is 0 Å². The first-order chi connectivity index (χ1) is 15.4. The van der Waals surface area contributed by atoms with Gasteiger partial charge in [0.1, 0.15) is 18.1 Å². The van der Waals surface area contributed by atoms with E-state index in [1.54, 1.807) is 24.0 Å². The Morgan fingerprint density at radius 2 is 1.84 bits per heavy atom. The molecule has 32 heavy (non-hydrogen) atoms. The molecule has 0 saturated heterocycles. The van der Waals surface area contributed by atoms with Crippen LogP contribution in [0.15, 0.2) is 59.4 Å². The molecule has 0 spiro atoms. The Labute approximate surface area is 187 Å². The number of carbonyl (C=O) groups is 1. The summed E-state index contributed by atoms with van der Waals surface area (Å²) in [4.78, 5) is 12.9. The molecule has 2 heterocycles. The van der Waals surface area contributed by atoms with Gasteiger partial charge in [0.15, 0.2) is 5.69 Å². The zero-order valence-corrected chi connectivity index (χ0v) is 18.7. The first-order valence-electron chi connectivity index (χ1n) is 10.4. The Morgan fingerprint density at radius 3 is 2.59 bits per heavy atom. The van der Waals surface area contributed by atoms with Crippen LogP contribution in [-0.4, -0.2) is 20.8 Å². The summed E-state index contributed by atoms with van der Waals surface area (Å²) in [5, 5.41) is 11.2. The summed E-state index contributed by atoms with van der Waals surface area (Å²) in [6, 6.07) is 14.1. The third-order valence-corrected chi connectivity index (χ3v) is 5.26. The van der Waals surface area contributed by atoms with E-state index in [0.717, 1.165) is 16.9 Å². The van der Waals surface area contributed by atoms with E-state index in [1.807, 2.05) is 38.1 Å². The van der Waals surface area contributed by atoms with Gasteiger partial charge in [-0.05, 0) is 62.1 Å². The van der Waals surface area contributed by atoms with Crippen molar-refractivity contribution in [3.05, 3.63) is 94.1 Å². The highest BCUT2D eigenvalue weighted by atomic mass is 16.5. The van der Waals surface area contributed by atoms with Crippen molar-refractivity contribution < 1.29 is 14.1 Å². The van der Waals surface area contributed by atoms with Crippen LogP contribution in [0.2, 0.25) is 0 Å². The van der Waals surface area contributed by atoms with Crippen molar-refractivity contribution in [2.75, 3.05) is 5.32 Å². The van der Waals surface area contributed by atoms with Crippen molar-refractivity contribution in [3.63, 3.8) is 0 Å². The fraction of sp³-hybridized carbons (Fsp3) is 0.240. The third kappa shape index (κ3) is 4.88. The summed E-state index contributed by atoms with van der Waals surface area (Å²) in [7, 11) is 0. The zero-order chi connectivity index (χ0) is 22.7. The fourth-order valence-corrected chi connectivity index (χ4v) is 3.58. The predicted molar refractivity (Wildman–Crippen MR) is 122 cm³/mol. The van der Waals surface area contributed by atoms with Gasteiger partial charge in [0.2, 0.25) is 0 Å². The summed E-state index contributed by atoms with van der Waals surface area (Å²) in [6.07, 6.45) is 3.41. The molecule has 7 heteroatoms. The lowest BCUT2D eigenvalue weighted by Gasteiger charge is -2.08. The van der Waals surface area contributed by atoms with E-state index in [1.165, 1.54) is 11.1 Å². The minimum absolute atomic E-state index is 0.188. The molecule has 0 atom stereocenters. The first-order valence-corrected chi connectivity index (χ1v) is 10.4. The molecule has 164 valence electrons. The van der Waals surface area contributed by atoms with Crippen molar-refractivity contribution in [3.8, 4) is 5.75 Å². The number of anilines is 1. The van der Waals surface area contributed by atoms with Crippen LogP contribution in [0.3, 0.4) is 0 Å². The maximum atomic E-state index is 12.9. The molecule has 4 aromatic rings. The number of hydrogen-bond acceptors (Lipinski definition) is 5. The van der Waals surface area contributed by atoms with Gasteiger partial charge in [-0.3, -0.25) is 9.48 Å². The first kappa shape index (κ1) is 21.4. The lowest BCUT2D eigenvalue weighted by Crippen LogP contribution is -2.15. The summed E-state index contributed by atoms with van der Waals surface area (Å²) in [5.41, 5.74) is 6.01.